The molecule has 0 spiro atoms. The van der Waals surface area contributed by atoms with Crippen LogP contribution < -0.4 is 5.73 Å². The molecule has 2 fully saturated rings. The minimum Gasteiger partial charge on any atom is -0.341 e. The lowest BCUT2D eigenvalue weighted by molar-refractivity contribution is -0.135. The van der Waals surface area contributed by atoms with Gasteiger partial charge in [0.1, 0.15) is 0 Å². The topological polar surface area (TPSA) is 49.6 Å². The highest BCUT2D eigenvalue weighted by Crippen LogP contribution is 2.28. The van der Waals surface area contributed by atoms with Gasteiger partial charge in [-0.15, -0.1) is 0 Å². The molecule has 1 aliphatic heterocycles. The van der Waals surface area contributed by atoms with Gasteiger partial charge in [-0.1, -0.05) is 6.92 Å². The van der Waals surface area contributed by atoms with E-state index >= 15 is 0 Å². The molecule has 104 valence electrons. The molecule has 1 saturated carbocycles. The second-order valence-corrected chi connectivity index (χ2v) is 6.36. The first-order valence-electron chi connectivity index (χ1n) is 7.19. The summed E-state index contributed by atoms with van der Waals surface area (Å²) in [7, 11) is 4.21. The van der Waals surface area contributed by atoms with Crippen LogP contribution in [0.1, 0.15) is 32.6 Å². The predicted octanol–water partition coefficient (Wildman–Crippen LogP) is 0.912. The van der Waals surface area contributed by atoms with Gasteiger partial charge in [0.15, 0.2) is 0 Å². The number of likely N-dealkylation sites (tertiary alicyclic amines) is 1. The van der Waals surface area contributed by atoms with Crippen LogP contribution in [-0.4, -0.2) is 55.0 Å². The van der Waals surface area contributed by atoms with Crippen molar-refractivity contribution >= 4 is 5.91 Å². The molecule has 0 aromatic carbocycles. The zero-order valence-corrected chi connectivity index (χ0v) is 11.9. The van der Waals surface area contributed by atoms with E-state index in [1.54, 1.807) is 0 Å². The number of carbonyl (C=O) groups is 1. The van der Waals surface area contributed by atoms with Crippen molar-refractivity contribution in [1.82, 2.24) is 9.80 Å². The molecule has 2 atom stereocenters. The Hall–Kier alpha value is -0.610. The average molecular weight is 253 g/mol. The summed E-state index contributed by atoms with van der Waals surface area (Å²) in [6, 6.07) is 0.834. The molecule has 1 aliphatic carbocycles. The molecule has 18 heavy (non-hydrogen) atoms. The van der Waals surface area contributed by atoms with Crippen molar-refractivity contribution in [2.75, 3.05) is 27.2 Å². The van der Waals surface area contributed by atoms with E-state index in [1.807, 2.05) is 0 Å². The maximum atomic E-state index is 12.5. The first-order chi connectivity index (χ1) is 8.49. The number of nitrogens with zero attached hydrogens (tertiary/aromatic N) is 2. The highest BCUT2D eigenvalue weighted by atomic mass is 16.2. The van der Waals surface area contributed by atoms with Gasteiger partial charge in [0.05, 0.1) is 0 Å². The van der Waals surface area contributed by atoms with E-state index in [9.17, 15) is 4.79 Å². The van der Waals surface area contributed by atoms with E-state index in [0.29, 0.717) is 23.9 Å². The van der Waals surface area contributed by atoms with E-state index in [4.69, 9.17) is 5.73 Å². The molecule has 0 bridgehead atoms. The van der Waals surface area contributed by atoms with Gasteiger partial charge in [0.25, 0.3) is 0 Å². The normalized spacial score (nSPS) is 37.3. The lowest BCUT2D eigenvalue weighted by Gasteiger charge is -2.29. The number of hydrogen-bond donors (Lipinski definition) is 1. The van der Waals surface area contributed by atoms with Gasteiger partial charge in [0, 0.05) is 31.1 Å². The molecule has 2 N–H and O–H groups in total. The predicted molar refractivity (Wildman–Crippen MR) is 73.2 cm³/mol. The Morgan fingerprint density at radius 3 is 2.28 bits per heavy atom. The third kappa shape index (κ3) is 2.86. The van der Waals surface area contributed by atoms with E-state index in [-0.39, 0.29) is 5.92 Å². The average Bonchev–Trinajstić information content (AvgIpc) is 2.71. The molecule has 2 rings (SSSR count). The molecule has 4 heteroatoms. The van der Waals surface area contributed by atoms with Crippen molar-refractivity contribution in [3.05, 3.63) is 0 Å². The van der Waals surface area contributed by atoms with E-state index in [1.165, 1.54) is 0 Å². The fourth-order valence-electron chi connectivity index (χ4n) is 3.43. The van der Waals surface area contributed by atoms with Gasteiger partial charge in [-0.05, 0) is 45.7 Å². The van der Waals surface area contributed by atoms with Crippen LogP contribution in [0.4, 0.5) is 0 Å². The maximum Gasteiger partial charge on any atom is 0.225 e. The lowest BCUT2D eigenvalue weighted by atomic mass is 9.85. The van der Waals surface area contributed by atoms with Gasteiger partial charge in [-0.3, -0.25) is 4.79 Å². The van der Waals surface area contributed by atoms with Crippen LogP contribution >= 0.6 is 0 Å². The minimum atomic E-state index is 0.234. The van der Waals surface area contributed by atoms with E-state index in [0.717, 1.165) is 38.8 Å². The molecule has 0 aromatic rings. The minimum absolute atomic E-state index is 0.234. The first kappa shape index (κ1) is 13.8. The summed E-state index contributed by atoms with van der Waals surface area (Å²) in [6.45, 7) is 4.06. The number of rotatable bonds is 2. The van der Waals surface area contributed by atoms with E-state index in [2.05, 4.69) is 30.8 Å². The van der Waals surface area contributed by atoms with Crippen LogP contribution in [-0.2, 0) is 4.79 Å². The summed E-state index contributed by atoms with van der Waals surface area (Å²) in [6.07, 6.45) is 3.99. The summed E-state index contributed by atoms with van der Waals surface area (Å²) < 4.78 is 0. The van der Waals surface area contributed by atoms with Crippen LogP contribution in [0.2, 0.25) is 0 Å². The molecule has 4 nitrogen and oxygen atoms in total. The molecule has 1 amide bonds. The summed E-state index contributed by atoms with van der Waals surface area (Å²) in [4.78, 5) is 16.8. The Labute approximate surface area is 110 Å². The van der Waals surface area contributed by atoms with Crippen LogP contribution in [0.3, 0.4) is 0 Å². The monoisotopic (exact) mass is 253 g/mol. The second kappa shape index (κ2) is 5.57. The number of amides is 1. The van der Waals surface area contributed by atoms with Crippen molar-refractivity contribution in [1.29, 1.82) is 0 Å². The molecule has 0 aromatic heterocycles. The highest BCUT2D eigenvalue weighted by Gasteiger charge is 2.36. The number of likely N-dealkylation sites (N-methyl/N-ethyl adjacent to an activating group) is 1. The SMILES string of the molecule is CC1CN(C(=O)C2CCC(N)CC2)CC1N(C)C. The van der Waals surface area contributed by atoms with Crippen LogP contribution in [0.25, 0.3) is 0 Å². The van der Waals surface area contributed by atoms with Gasteiger partial charge >= 0.3 is 0 Å². The molecule has 2 unspecified atom stereocenters. The Morgan fingerprint density at radius 1 is 1.17 bits per heavy atom. The second-order valence-electron chi connectivity index (χ2n) is 6.36. The lowest BCUT2D eigenvalue weighted by Crippen LogP contribution is -2.40. The fraction of sp³-hybridized carbons (Fsp3) is 0.929. The Morgan fingerprint density at radius 2 is 1.78 bits per heavy atom. The fourth-order valence-corrected chi connectivity index (χ4v) is 3.43. The number of carbonyl (C=O) groups excluding carboxylic acids is 1. The third-order valence-corrected chi connectivity index (χ3v) is 4.67. The Balaban J connectivity index is 1.91. The number of hydrogen-bond acceptors (Lipinski definition) is 3. The molecule has 1 heterocycles. The summed E-state index contributed by atoms with van der Waals surface area (Å²) in [5.41, 5.74) is 5.90. The quantitative estimate of drug-likeness (QED) is 0.796. The Kier molecular flexibility index (Phi) is 4.28. The van der Waals surface area contributed by atoms with Crippen LogP contribution in [0.15, 0.2) is 0 Å². The van der Waals surface area contributed by atoms with Crippen molar-refractivity contribution in [2.45, 2.75) is 44.7 Å². The van der Waals surface area contributed by atoms with Gasteiger partial charge in [-0.25, -0.2) is 0 Å². The molecular weight excluding hydrogens is 226 g/mol. The van der Waals surface area contributed by atoms with Crippen molar-refractivity contribution < 1.29 is 4.79 Å². The standard InChI is InChI=1S/C14H27N3O/c1-10-8-17(9-13(10)16(2)3)14(18)11-4-6-12(15)7-5-11/h10-13H,4-9,15H2,1-3H3. The van der Waals surface area contributed by atoms with Gasteiger partial charge in [-0.2, -0.15) is 0 Å². The van der Waals surface area contributed by atoms with Crippen molar-refractivity contribution in [2.24, 2.45) is 17.6 Å². The van der Waals surface area contributed by atoms with Gasteiger partial charge in [0.2, 0.25) is 5.91 Å². The molecule has 2 aliphatic rings. The Bertz CT molecular complexity index is 297. The van der Waals surface area contributed by atoms with Gasteiger partial charge < -0.3 is 15.5 Å². The smallest absolute Gasteiger partial charge is 0.225 e. The molecule has 0 radical (unpaired) electrons. The van der Waals surface area contributed by atoms with Crippen LogP contribution in [0, 0.1) is 11.8 Å². The van der Waals surface area contributed by atoms with Crippen molar-refractivity contribution in [3.63, 3.8) is 0 Å². The number of nitrogens with two attached hydrogens (primary N) is 1. The van der Waals surface area contributed by atoms with Crippen LogP contribution in [0.5, 0.6) is 0 Å². The molecule has 1 saturated heterocycles. The van der Waals surface area contributed by atoms with Crippen molar-refractivity contribution in [3.8, 4) is 0 Å². The highest BCUT2D eigenvalue weighted by molar-refractivity contribution is 5.79. The zero-order valence-electron chi connectivity index (χ0n) is 11.9. The zero-order chi connectivity index (χ0) is 13.3. The summed E-state index contributed by atoms with van der Waals surface area (Å²) in [5, 5.41) is 0. The largest absolute Gasteiger partial charge is 0.341 e. The first-order valence-corrected chi connectivity index (χ1v) is 7.19. The third-order valence-electron chi connectivity index (χ3n) is 4.67. The molecular formula is C14H27N3O. The summed E-state index contributed by atoms with van der Waals surface area (Å²) >= 11 is 0. The summed E-state index contributed by atoms with van der Waals surface area (Å²) in [5.74, 6) is 1.19. The maximum absolute atomic E-state index is 12.5. The van der Waals surface area contributed by atoms with E-state index < -0.39 is 0 Å².